The molecule has 2 rings (SSSR count). The van der Waals surface area contributed by atoms with Crippen LogP contribution >= 0.6 is 22.9 Å². The summed E-state index contributed by atoms with van der Waals surface area (Å²) in [5.74, 6) is 0. The first kappa shape index (κ1) is 11.6. The van der Waals surface area contributed by atoms with Crippen molar-refractivity contribution < 1.29 is 0 Å². The molecule has 0 aliphatic rings. The Hall–Kier alpha value is -0.900. The number of aromatic nitrogens is 1. The number of rotatable bonds is 3. The van der Waals surface area contributed by atoms with Gasteiger partial charge < -0.3 is 5.73 Å². The van der Waals surface area contributed by atoms with Crippen LogP contribution in [-0.4, -0.2) is 4.98 Å². The van der Waals surface area contributed by atoms with Gasteiger partial charge in [0.05, 0.1) is 5.02 Å². The Kier molecular flexibility index (Phi) is 3.59. The van der Waals surface area contributed by atoms with Crippen LogP contribution in [0.15, 0.2) is 29.8 Å². The number of hydrogen-bond donors (Lipinski definition) is 1. The van der Waals surface area contributed by atoms with Gasteiger partial charge in [0.1, 0.15) is 0 Å². The number of pyridine rings is 1. The van der Waals surface area contributed by atoms with Crippen LogP contribution in [-0.2, 0) is 6.42 Å². The van der Waals surface area contributed by atoms with E-state index in [1.54, 1.807) is 17.5 Å². The van der Waals surface area contributed by atoms with Gasteiger partial charge in [-0.15, -0.1) is 11.3 Å². The monoisotopic (exact) mass is 252 g/mol. The van der Waals surface area contributed by atoms with Crippen molar-refractivity contribution in [1.29, 1.82) is 0 Å². The van der Waals surface area contributed by atoms with Crippen LogP contribution in [0.25, 0.3) is 0 Å². The zero-order chi connectivity index (χ0) is 11.5. The maximum Gasteiger partial charge on any atom is 0.0561 e. The molecular weight excluding hydrogens is 240 g/mol. The zero-order valence-electron chi connectivity index (χ0n) is 8.98. The van der Waals surface area contributed by atoms with Gasteiger partial charge in [-0.3, -0.25) is 4.98 Å². The lowest BCUT2D eigenvalue weighted by atomic mass is 10.1. The second-order valence-corrected chi connectivity index (χ2v) is 5.07. The van der Waals surface area contributed by atoms with Gasteiger partial charge in [-0.05, 0) is 30.0 Å². The van der Waals surface area contributed by atoms with Crippen LogP contribution in [0.4, 0.5) is 0 Å². The molecule has 2 aromatic rings. The molecule has 0 saturated heterocycles. The average Bonchev–Trinajstić information content (AvgIpc) is 2.68. The summed E-state index contributed by atoms with van der Waals surface area (Å²) in [6, 6.07) is 5.79. The molecule has 2 heterocycles. The molecule has 0 aliphatic heterocycles. The molecule has 16 heavy (non-hydrogen) atoms. The Morgan fingerprint density at radius 2 is 2.31 bits per heavy atom. The summed E-state index contributed by atoms with van der Waals surface area (Å²) >= 11 is 7.65. The standard InChI is InChI=1S/C12H13ClN2S/c1-8-3-2-5-15-11(8)7-10(14)12-9(13)4-6-16-12/h2-6,10H,7,14H2,1H3. The summed E-state index contributed by atoms with van der Waals surface area (Å²) in [6.07, 6.45) is 2.53. The lowest BCUT2D eigenvalue weighted by Gasteiger charge is -2.11. The minimum atomic E-state index is -0.0684. The van der Waals surface area contributed by atoms with Crippen molar-refractivity contribution in [2.24, 2.45) is 5.73 Å². The predicted molar refractivity (Wildman–Crippen MR) is 68.9 cm³/mol. The van der Waals surface area contributed by atoms with Crippen molar-refractivity contribution in [3.8, 4) is 0 Å². The van der Waals surface area contributed by atoms with E-state index < -0.39 is 0 Å². The number of thiophene rings is 1. The fourth-order valence-electron chi connectivity index (χ4n) is 1.60. The molecule has 2 aromatic heterocycles. The highest BCUT2D eigenvalue weighted by Crippen LogP contribution is 2.29. The van der Waals surface area contributed by atoms with Crippen LogP contribution in [0.3, 0.4) is 0 Å². The summed E-state index contributed by atoms with van der Waals surface area (Å²) in [6.45, 7) is 2.05. The molecule has 1 atom stereocenters. The highest BCUT2D eigenvalue weighted by atomic mass is 35.5. The molecule has 1 unspecified atom stereocenters. The van der Waals surface area contributed by atoms with Gasteiger partial charge in [0.25, 0.3) is 0 Å². The zero-order valence-corrected chi connectivity index (χ0v) is 10.6. The van der Waals surface area contributed by atoms with E-state index in [2.05, 4.69) is 4.98 Å². The Morgan fingerprint density at radius 1 is 1.50 bits per heavy atom. The number of hydrogen-bond acceptors (Lipinski definition) is 3. The fourth-order valence-corrected chi connectivity index (χ4v) is 2.80. The minimum absolute atomic E-state index is 0.0684. The van der Waals surface area contributed by atoms with E-state index in [0.717, 1.165) is 22.0 Å². The molecule has 0 saturated carbocycles. The van der Waals surface area contributed by atoms with E-state index >= 15 is 0 Å². The van der Waals surface area contributed by atoms with Crippen molar-refractivity contribution in [2.45, 2.75) is 19.4 Å². The molecule has 2 nitrogen and oxygen atoms in total. The van der Waals surface area contributed by atoms with Gasteiger partial charge in [0.15, 0.2) is 0 Å². The van der Waals surface area contributed by atoms with E-state index in [-0.39, 0.29) is 6.04 Å². The Morgan fingerprint density at radius 3 is 2.94 bits per heavy atom. The molecule has 0 amide bonds. The van der Waals surface area contributed by atoms with E-state index in [1.807, 2.05) is 30.5 Å². The third-order valence-electron chi connectivity index (χ3n) is 2.51. The minimum Gasteiger partial charge on any atom is -0.323 e. The smallest absolute Gasteiger partial charge is 0.0561 e. The van der Waals surface area contributed by atoms with Crippen LogP contribution in [0, 0.1) is 6.92 Å². The van der Waals surface area contributed by atoms with Crippen molar-refractivity contribution >= 4 is 22.9 Å². The maximum absolute atomic E-state index is 6.13. The van der Waals surface area contributed by atoms with Gasteiger partial charge in [-0.2, -0.15) is 0 Å². The second kappa shape index (κ2) is 4.95. The Labute approximate surface area is 104 Å². The van der Waals surface area contributed by atoms with Gasteiger partial charge in [-0.25, -0.2) is 0 Å². The molecule has 2 N–H and O–H groups in total. The van der Waals surface area contributed by atoms with Crippen molar-refractivity contribution in [3.63, 3.8) is 0 Å². The van der Waals surface area contributed by atoms with Crippen molar-refractivity contribution in [1.82, 2.24) is 4.98 Å². The third-order valence-corrected chi connectivity index (χ3v) is 4.00. The number of aryl methyl sites for hydroxylation is 1. The first-order valence-corrected chi connectivity index (χ1v) is 6.33. The van der Waals surface area contributed by atoms with E-state index in [1.165, 1.54) is 5.56 Å². The van der Waals surface area contributed by atoms with Gasteiger partial charge >= 0.3 is 0 Å². The van der Waals surface area contributed by atoms with E-state index in [4.69, 9.17) is 17.3 Å². The van der Waals surface area contributed by atoms with Crippen LogP contribution in [0.1, 0.15) is 22.2 Å². The van der Waals surface area contributed by atoms with Crippen LogP contribution < -0.4 is 5.73 Å². The summed E-state index contributed by atoms with van der Waals surface area (Å²) < 4.78 is 0. The molecule has 4 heteroatoms. The van der Waals surface area contributed by atoms with Gasteiger partial charge in [-0.1, -0.05) is 17.7 Å². The summed E-state index contributed by atoms with van der Waals surface area (Å²) in [4.78, 5) is 5.37. The highest BCUT2D eigenvalue weighted by Gasteiger charge is 2.13. The molecule has 0 aromatic carbocycles. The first-order chi connectivity index (χ1) is 7.68. The highest BCUT2D eigenvalue weighted by molar-refractivity contribution is 7.10. The Bertz CT molecular complexity index is 481. The van der Waals surface area contributed by atoms with Crippen molar-refractivity contribution in [3.05, 3.63) is 50.9 Å². The van der Waals surface area contributed by atoms with Crippen molar-refractivity contribution in [2.75, 3.05) is 0 Å². The van der Waals surface area contributed by atoms with Crippen LogP contribution in [0.2, 0.25) is 5.02 Å². The van der Waals surface area contributed by atoms with Crippen LogP contribution in [0.5, 0.6) is 0 Å². The quantitative estimate of drug-likeness (QED) is 0.910. The topological polar surface area (TPSA) is 38.9 Å². The Balaban J connectivity index is 2.17. The van der Waals surface area contributed by atoms with E-state index in [0.29, 0.717) is 0 Å². The second-order valence-electron chi connectivity index (χ2n) is 3.71. The predicted octanol–water partition coefficient (Wildman–Crippen LogP) is 3.35. The largest absolute Gasteiger partial charge is 0.323 e. The molecule has 0 fully saturated rings. The number of halogens is 1. The number of nitrogens with two attached hydrogens (primary N) is 1. The van der Waals surface area contributed by atoms with Gasteiger partial charge in [0.2, 0.25) is 0 Å². The fraction of sp³-hybridized carbons (Fsp3) is 0.250. The summed E-state index contributed by atoms with van der Waals surface area (Å²) in [7, 11) is 0. The van der Waals surface area contributed by atoms with Gasteiger partial charge in [0, 0.05) is 29.2 Å². The molecule has 0 radical (unpaired) electrons. The number of nitrogens with zero attached hydrogens (tertiary/aromatic N) is 1. The normalized spacial score (nSPS) is 12.7. The molecule has 0 aliphatic carbocycles. The molecule has 0 spiro atoms. The molecular formula is C12H13ClN2S. The van der Waals surface area contributed by atoms with E-state index in [9.17, 15) is 0 Å². The lowest BCUT2D eigenvalue weighted by Crippen LogP contribution is -2.13. The SMILES string of the molecule is Cc1cccnc1CC(N)c1sccc1Cl. The molecule has 84 valence electrons. The third kappa shape index (κ3) is 2.43. The average molecular weight is 253 g/mol. The summed E-state index contributed by atoms with van der Waals surface area (Å²) in [5, 5.41) is 2.72. The summed E-state index contributed by atoms with van der Waals surface area (Å²) in [5.41, 5.74) is 8.34. The first-order valence-electron chi connectivity index (χ1n) is 5.07. The maximum atomic E-state index is 6.13. The molecule has 0 bridgehead atoms. The lowest BCUT2D eigenvalue weighted by molar-refractivity contribution is 0.716.